The predicted molar refractivity (Wildman–Crippen MR) is 53.1 cm³/mol. The number of carbonyl (C=O) groups is 1. The second-order valence-electron chi connectivity index (χ2n) is 4.36. The van der Waals surface area contributed by atoms with Crippen molar-refractivity contribution in [2.45, 2.75) is 18.6 Å². The molecule has 0 fully saturated rings. The smallest absolute Gasteiger partial charge is 0.488 e. The van der Waals surface area contributed by atoms with E-state index < -0.39 is 17.7 Å². The number of carboxylic acids is 1. The summed E-state index contributed by atoms with van der Waals surface area (Å²) in [6.45, 7) is 1.32. The van der Waals surface area contributed by atoms with Crippen molar-refractivity contribution in [3.8, 4) is 17.2 Å². The molecule has 0 saturated heterocycles. The minimum absolute atomic E-state index is 0.00887. The summed E-state index contributed by atoms with van der Waals surface area (Å²) in [5.74, 6) is -1.49. The number of carboxylic acid groups (broad SMARTS) is 1. The lowest BCUT2D eigenvalue weighted by atomic mass is 9.84. The van der Waals surface area contributed by atoms with Gasteiger partial charge < -0.3 is 19.3 Å². The van der Waals surface area contributed by atoms with Crippen LogP contribution in [0.5, 0.6) is 17.2 Å². The van der Waals surface area contributed by atoms with E-state index in [0.29, 0.717) is 5.56 Å². The Morgan fingerprint density at radius 1 is 1.33 bits per heavy atom. The molecule has 0 saturated carbocycles. The van der Waals surface area contributed by atoms with Crippen LogP contribution in [0.2, 0.25) is 0 Å². The summed E-state index contributed by atoms with van der Waals surface area (Å²) in [6, 6.07) is 2.66. The van der Waals surface area contributed by atoms with Gasteiger partial charge in [-0.05, 0) is 13.0 Å². The Hall–Kier alpha value is -2.05. The number of hydrogen-bond acceptors (Lipinski definition) is 4. The number of ether oxygens (including phenoxy) is 3. The van der Waals surface area contributed by atoms with E-state index in [2.05, 4.69) is 9.47 Å². The molecule has 0 aliphatic carbocycles. The Morgan fingerprint density at radius 3 is 2.72 bits per heavy atom. The largest absolute Gasteiger partial charge is 0.586 e. The molecule has 5 nitrogen and oxygen atoms in total. The van der Waals surface area contributed by atoms with Crippen molar-refractivity contribution in [2.75, 3.05) is 6.61 Å². The van der Waals surface area contributed by atoms with Crippen LogP contribution < -0.4 is 14.2 Å². The van der Waals surface area contributed by atoms with Crippen LogP contribution in [0, 0.1) is 0 Å². The van der Waals surface area contributed by atoms with E-state index in [1.54, 1.807) is 0 Å². The van der Waals surface area contributed by atoms with Gasteiger partial charge in [0, 0.05) is 5.56 Å². The zero-order valence-corrected chi connectivity index (χ0v) is 9.20. The highest BCUT2D eigenvalue weighted by atomic mass is 19.3. The lowest BCUT2D eigenvalue weighted by Crippen LogP contribution is -2.33. The molecule has 2 aliphatic heterocycles. The summed E-state index contributed by atoms with van der Waals surface area (Å²) in [6.07, 6.45) is -3.75. The van der Waals surface area contributed by atoms with Gasteiger partial charge in [0.05, 0.1) is 0 Å². The van der Waals surface area contributed by atoms with E-state index in [9.17, 15) is 18.7 Å². The lowest BCUT2D eigenvalue weighted by Gasteiger charge is -2.15. The van der Waals surface area contributed by atoms with Crippen LogP contribution in [0.1, 0.15) is 12.5 Å². The number of hydrogen-bond donors (Lipinski definition) is 1. The number of fused-ring (bicyclic) bond motifs is 3. The van der Waals surface area contributed by atoms with E-state index in [-0.39, 0.29) is 23.9 Å². The standard InChI is InChI=1S/C11H8F2O5/c1-10(9(14)15)4-16-7-5(10)2-3-6-8(7)18-11(12,13)17-6/h2-3H,4H2,1H3,(H,14,15). The molecule has 1 atom stereocenters. The maximum absolute atomic E-state index is 12.9. The quantitative estimate of drug-likeness (QED) is 0.831. The molecule has 2 aliphatic rings. The third-order valence-electron chi connectivity index (χ3n) is 3.10. The minimum atomic E-state index is -3.75. The topological polar surface area (TPSA) is 65.0 Å². The molecule has 0 amide bonds. The zero-order valence-electron chi connectivity index (χ0n) is 9.20. The van der Waals surface area contributed by atoms with E-state index in [1.165, 1.54) is 19.1 Å². The van der Waals surface area contributed by atoms with Crippen LogP contribution >= 0.6 is 0 Å². The maximum atomic E-state index is 12.9. The lowest BCUT2D eigenvalue weighted by molar-refractivity contribution is -0.287. The molecule has 1 unspecified atom stereocenters. The molecule has 0 bridgehead atoms. The van der Waals surface area contributed by atoms with Crippen molar-refractivity contribution in [2.24, 2.45) is 0 Å². The van der Waals surface area contributed by atoms with Gasteiger partial charge in [0.1, 0.15) is 12.0 Å². The Morgan fingerprint density at radius 2 is 2.06 bits per heavy atom. The molecule has 1 aromatic carbocycles. The molecular weight excluding hydrogens is 250 g/mol. The van der Waals surface area contributed by atoms with Crippen molar-refractivity contribution >= 4 is 5.97 Å². The molecular formula is C11H8F2O5. The first-order chi connectivity index (χ1) is 8.33. The first kappa shape index (κ1) is 11.1. The molecule has 1 aromatic rings. The van der Waals surface area contributed by atoms with Crippen LogP contribution in [-0.4, -0.2) is 24.0 Å². The highest BCUT2D eigenvalue weighted by molar-refractivity contribution is 5.84. The van der Waals surface area contributed by atoms with Gasteiger partial charge in [-0.15, -0.1) is 8.78 Å². The van der Waals surface area contributed by atoms with Crippen LogP contribution in [0.15, 0.2) is 12.1 Å². The predicted octanol–water partition coefficient (Wildman–Crippen LogP) is 1.74. The van der Waals surface area contributed by atoms with Gasteiger partial charge in [-0.2, -0.15) is 0 Å². The van der Waals surface area contributed by atoms with Crippen molar-refractivity contribution in [1.82, 2.24) is 0 Å². The van der Waals surface area contributed by atoms with Gasteiger partial charge in [0.2, 0.25) is 5.75 Å². The number of halogens is 2. The normalized spacial score (nSPS) is 26.6. The number of rotatable bonds is 1. The van der Waals surface area contributed by atoms with Crippen LogP contribution in [-0.2, 0) is 10.2 Å². The number of aliphatic carboxylic acids is 1. The fourth-order valence-electron chi connectivity index (χ4n) is 2.04. The Balaban J connectivity index is 2.14. The molecule has 3 rings (SSSR count). The SMILES string of the molecule is CC1(C(=O)O)COc2c1ccc1c2OC(F)(F)O1. The van der Waals surface area contributed by atoms with Crippen LogP contribution in [0.4, 0.5) is 8.78 Å². The Labute approximate surface area is 99.9 Å². The molecule has 0 radical (unpaired) electrons. The van der Waals surface area contributed by atoms with Gasteiger partial charge in [-0.1, -0.05) is 6.07 Å². The second kappa shape index (κ2) is 3.04. The first-order valence-electron chi connectivity index (χ1n) is 5.13. The third-order valence-corrected chi connectivity index (χ3v) is 3.10. The van der Waals surface area contributed by atoms with Crippen LogP contribution in [0.25, 0.3) is 0 Å². The van der Waals surface area contributed by atoms with E-state index in [4.69, 9.17) is 4.74 Å². The molecule has 96 valence electrons. The number of alkyl halides is 2. The average Bonchev–Trinajstić information content (AvgIpc) is 2.75. The van der Waals surface area contributed by atoms with E-state index in [0.717, 1.165) is 0 Å². The van der Waals surface area contributed by atoms with Gasteiger partial charge >= 0.3 is 12.3 Å². The van der Waals surface area contributed by atoms with Crippen molar-refractivity contribution in [3.05, 3.63) is 17.7 Å². The average molecular weight is 258 g/mol. The molecule has 1 N–H and O–H groups in total. The first-order valence-corrected chi connectivity index (χ1v) is 5.13. The van der Waals surface area contributed by atoms with Crippen molar-refractivity contribution < 1.29 is 32.9 Å². The summed E-state index contributed by atoms with van der Waals surface area (Å²) in [7, 11) is 0. The fraction of sp³-hybridized carbons (Fsp3) is 0.364. The summed E-state index contributed by atoms with van der Waals surface area (Å²) in [5, 5.41) is 9.17. The molecule has 0 spiro atoms. The highest BCUT2D eigenvalue weighted by Gasteiger charge is 2.51. The van der Waals surface area contributed by atoms with Gasteiger partial charge in [-0.25, -0.2) is 0 Å². The Kier molecular flexibility index (Phi) is 1.87. The summed E-state index contributed by atoms with van der Waals surface area (Å²) >= 11 is 0. The Bertz CT molecular complexity index is 557. The fourth-order valence-corrected chi connectivity index (χ4v) is 2.04. The number of benzene rings is 1. The van der Waals surface area contributed by atoms with Crippen molar-refractivity contribution in [1.29, 1.82) is 0 Å². The summed E-state index contributed by atoms with van der Waals surface area (Å²) in [5.41, 5.74) is -0.971. The van der Waals surface area contributed by atoms with Crippen molar-refractivity contribution in [3.63, 3.8) is 0 Å². The van der Waals surface area contributed by atoms with Gasteiger partial charge in [-0.3, -0.25) is 4.79 Å². The summed E-state index contributed by atoms with van der Waals surface area (Å²) in [4.78, 5) is 11.2. The van der Waals surface area contributed by atoms with Crippen LogP contribution in [0.3, 0.4) is 0 Å². The minimum Gasteiger partial charge on any atom is -0.488 e. The third kappa shape index (κ3) is 1.27. The molecule has 18 heavy (non-hydrogen) atoms. The highest BCUT2D eigenvalue weighted by Crippen LogP contribution is 2.53. The molecule has 0 aromatic heterocycles. The maximum Gasteiger partial charge on any atom is 0.586 e. The second-order valence-corrected chi connectivity index (χ2v) is 4.36. The zero-order chi connectivity index (χ0) is 13.1. The summed E-state index contributed by atoms with van der Waals surface area (Å²) < 4.78 is 39.7. The van der Waals surface area contributed by atoms with Gasteiger partial charge in [0.15, 0.2) is 11.5 Å². The molecule has 7 heteroatoms. The monoisotopic (exact) mass is 258 g/mol. The van der Waals surface area contributed by atoms with E-state index in [1.807, 2.05) is 0 Å². The van der Waals surface area contributed by atoms with Gasteiger partial charge in [0.25, 0.3) is 0 Å². The molecule has 2 heterocycles. The van der Waals surface area contributed by atoms with E-state index >= 15 is 0 Å².